The second-order valence-corrected chi connectivity index (χ2v) is 9.09. The molecular weight excluding hydrogens is 394 g/mol. The fourth-order valence-electron chi connectivity index (χ4n) is 3.33. The molecule has 3 rings (SSSR count). The molecule has 0 aromatic heterocycles. The Morgan fingerprint density at radius 1 is 1.03 bits per heavy atom. The first-order chi connectivity index (χ1) is 13.9. The van der Waals surface area contributed by atoms with Crippen LogP contribution in [-0.4, -0.2) is 57.6 Å². The molecule has 0 spiro atoms. The van der Waals surface area contributed by atoms with Gasteiger partial charge in [-0.25, -0.2) is 8.42 Å². The Hall–Kier alpha value is -2.74. The summed E-state index contributed by atoms with van der Waals surface area (Å²) in [5.41, 5.74) is 0.890. The number of hydrogen-bond donors (Lipinski definition) is 0. The summed E-state index contributed by atoms with van der Waals surface area (Å²) < 4.78 is 40.0. The van der Waals surface area contributed by atoms with Crippen molar-refractivity contribution in [3.8, 4) is 17.2 Å². The largest absolute Gasteiger partial charge is 0.497 e. The Morgan fingerprint density at radius 3 is 2.31 bits per heavy atom. The maximum atomic E-state index is 13.0. The van der Waals surface area contributed by atoms with Crippen molar-refractivity contribution in [1.82, 2.24) is 4.90 Å². The molecule has 1 saturated heterocycles. The average molecular weight is 419 g/mol. The number of hydrogen-bond acceptors (Lipinski definition) is 6. The molecule has 0 unspecified atom stereocenters. The Labute approximate surface area is 171 Å². The van der Waals surface area contributed by atoms with E-state index in [0.717, 1.165) is 11.3 Å². The smallest absolute Gasteiger partial charge is 0.261 e. The van der Waals surface area contributed by atoms with Gasteiger partial charge in [-0.1, -0.05) is 24.3 Å². The summed E-state index contributed by atoms with van der Waals surface area (Å²) >= 11 is 0. The molecule has 0 saturated carbocycles. The highest BCUT2D eigenvalue weighted by Crippen LogP contribution is 2.26. The summed E-state index contributed by atoms with van der Waals surface area (Å²) in [6.45, 7) is 0.103. The van der Waals surface area contributed by atoms with Gasteiger partial charge in [0, 0.05) is 12.6 Å². The van der Waals surface area contributed by atoms with E-state index in [-0.39, 0.29) is 30.1 Å². The summed E-state index contributed by atoms with van der Waals surface area (Å²) in [6, 6.07) is 14.1. The van der Waals surface area contributed by atoms with Crippen molar-refractivity contribution >= 4 is 15.7 Å². The van der Waals surface area contributed by atoms with E-state index in [1.807, 2.05) is 30.3 Å². The molecule has 1 atom stereocenters. The number of nitrogens with zero attached hydrogens (tertiary/aromatic N) is 1. The number of carbonyl (C=O) groups excluding carboxylic acids is 1. The first-order valence-corrected chi connectivity index (χ1v) is 11.1. The molecule has 0 bridgehead atoms. The summed E-state index contributed by atoms with van der Waals surface area (Å²) in [4.78, 5) is 14.6. The summed E-state index contributed by atoms with van der Waals surface area (Å²) in [7, 11) is -0.0116. The number of amides is 1. The van der Waals surface area contributed by atoms with Gasteiger partial charge in [-0.05, 0) is 36.2 Å². The molecule has 1 aliphatic rings. The molecule has 1 heterocycles. The Morgan fingerprint density at radius 2 is 1.72 bits per heavy atom. The van der Waals surface area contributed by atoms with Crippen molar-refractivity contribution in [1.29, 1.82) is 0 Å². The molecule has 0 radical (unpaired) electrons. The maximum Gasteiger partial charge on any atom is 0.261 e. The molecule has 2 aromatic carbocycles. The minimum atomic E-state index is -3.13. The minimum absolute atomic E-state index is 0.0243. The summed E-state index contributed by atoms with van der Waals surface area (Å²) in [5.74, 6) is 1.52. The number of carbonyl (C=O) groups is 1. The highest BCUT2D eigenvalue weighted by atomic mass is 32.2. The molecule has 1 fully saturated rings. The molecule has 1 amide bonds. The molecule has 0 N–H and O–H groups in total. The lowest BCUT2D eigenvalue weighted by molar-refractivity contribution is -0.136. The fraction of sp³-hybridized carbons (Fsp3) is 0.381. The van der Waals surface area contributed by atoms with Crippen LogP contribution in [0, 0.1) is 0 Å². The predicted octanol–water partition coefficient (Wildman–Crippen LogP) is 2.30. The standard InChI is InChI=1S/C21H25NO6S/c1-26-18-9-7-16(8-10-18)13-22(17-11-12-29(24,25)15-17)21(23)14-28-20-6-4-3-5-19(20)27-2/h3-10,17H,11-15H2,1-2H3/t17-/m0/s1. The number of para-hydroxylation sites is 2. The van der Waals surface area contributed by atoms with Gasteiger partial charge >= 0.3 is 0 Å². The van der Waals surface area contributed by atoms with E-state index in [0.29, 0.717) is 24.5 Å². The molecule has 29 heavy (non-hydrogen) atoms. The quantitative estimate of drug-likeness (QED) is 0.653. The molecule has 2 aromatic rings. The third-order valence-corrected chi connectivity index (χ3v) is 6.65. The van der Waals surface area contributed by atoms with Crippen molar-refractivity contribution in [3.63, 3.8) is 0 Å². The summed E-state index contributed by atoms with van der Waals surface area (Å²) in [6.07, 6.45) is 0.429. The second-order valence-electron chi connectivity index (χ2n) is 6.87. The van der Waals surface area contributed by atoms with Crippen LogP contribution in [0.1, 0.15) is 12.0 Å². The van der Waals surface area contributed by atoms with Gasteiger partial charge in [0.05, 0.1) is 25.7 Å². The van der Waals surface area contributed by atoms with E-state index >= 15 is 0 Å². The number of ether oxygens (including phenoxy) is 3. The van der Waals surface area contributed by atoms with Crippen LogP contribution >= 0.6 is 0 Å². The first kappa shape index (κ1) is 21.0. The van der Waals surface area contributed by atoms with Gasteiger partial charge in [0.2, 0.25) is 0 Å². The van der Waals surface area contributed by atoms with E-state index < -0.39 is 9.84 Å². The van der Waals surface area contributed by atoms with Crippen molar-refractivity contribution < 1.29 is 27.4 Å². The Bertz CT molecular complexity index is 942. The summed E-state index contributed by atoms with van der Waals surface area (Å²) in [5, 5.41) is 0. The van der Waals surface area contributed by atoms with Crippen molar-refractivity contribution in [2.75, 3.05) is 32.3 Å². The molecule has 1 aliphatic heterocycles. The van der Waals surface area contributed by atoms with Crippen LogP contribution in [0.5, 0.6) is 17.2 Å². The van der Waals surface area contributed by atoms with Crippen LogP contribution in [0.4, 0.5) is 0 Å². The molecule has 156 valence electrons. The van der Waals surface area contributed by atoms with Crippen molar-refractivity contribution in [2.45, 2.75) is 19.0 Å². The number of benzene rings is 2. The van der Waals surface area contributed by atoms with Gasteiger partial charge in [0.15, 0.2) is 27.9 Å². The van der Waals surface area contributed by atoms with E-state index in [1.165, 1.54) is 7.11 Å². The normalized spacial score (nSPS) is 17.5. The van der Waals surface area contributed by atoms with Crippen molar-refractivity contribution in [3.05, 3.63) is 54.1 Å². The minimum Gasteiger partial charge on any atom is -0.497 e. The molecule has 0 aliphatic carbocycles. The highest BCUT2D eigenvalue weighted by molar-refractivity contribution is 7.91. The van der Waals surface area contributed by atoms with Gasteiger partial charge in [0.1, 0.15) is 5.75 Å². The van der Waals surface area contributed by atoms with Gasteiger partial charge in [-0.3, -0.25) is 4.79 Å². The Kier molecular flexibility index (Phi) is 6.64. The van der Waals surface area contributed by atoms with E-state index in [4.69, 9.17) is 14.2 Å². The topological polar surface area (TPSA) is 82.1 Å². The first-order valence-electron chi connectivity index (χ1n) is 9.30. The zero-order chi connectivity index (χ0) is 20.9. The highest BCUT2D eigenvalue weighted by Gasteiger charge is 2.34. The number of methoxy groups -OCH3 is 2. The van der Waals surface area contributed by atoms with Crippen molar-refractivity contribution in [2.24, 2.45) is 0 Å². The van der Waals surface area contributed by atoms with Gasteiger partial charge < -0.3 is 19.1 Å². The SMILES string of the molecule is COc1ccc(CN(C(=O)COc2ccccc2OC)[C@H]2CCS(=O)(=O)C2)cc1. The van der Waals surface area contributed by atoms with Crippen LogP contribution in [0.15, 0.2) is 48.5 Å². The van der Waals surface area contributed by atoms with Crippen LogP contribution in [-0.2, 0) is 21.2 Å². The zero-order valence-corrected chi connectivity index (χ0v) is 17.4. The maximum absolute atomic E-state index is 13.0. The molecule has 8 heteroatoms. The van der Waals surface area contributed by atoms with Crippen LogP contribution < -0.4 is 14.2 Å². The van der Waals surface area contributed by atoms with Crippen LogP contribution in [0.2, 0.25) is 0 Å². The second kappa shape index (κ2) is 9.17. The molecule has 7 nitrogen and oxygen atoms in total. The zero-order valence-electron chi connectivity index (χ0n) is 16.5. The predicted molar refractivity (Wildman–Crippen MR) is 109 cm³/mol. The van der Waals surface area contributed by atoms with Crippen LogP contribution in [0.25, 0.3) is 0 Å². The molecular formula is C21H25NO6S. The third kappa shape index (κ3) is 5.41. The third-order valence-electron chi connectivity index (χ3n) is 4.90. The van der Waals surface area contributed by atoms with E-state index in [2.05, 4.69) is 0 Å². The van der Waals surface area contributed by atoms with Crippen LogP contribution in [0.3, 0.4) is 0 Å². The number of sulfone groups is 1. The fourth-order valence-corrected chi connectivity index (χ4v) is 5.06. The lowest BCUT2D eigenvalue weighted by Gasteiger charge is -2.28. The van der Waals surface area contributed by atoms with Gasteiger partial charge in [-0.2, -0.15) is 0 Å². The lowest BCUT2D eigenvalue weighted by Crippen LogP contribution is -2.43. The van der Waals surface area contributed by atoms with Gasteiger partial charge in [-0.15, -0.1) is 0 Å². The number of rotatable bonds is 8. The Balaban J connectivity index is 1.75. The van der Waals surface area contributed by atoms with E-state index in [9.17, 15) is 13.2 Å². The lowest BCUT2D eigenvalue weighted by atomic mass is 10.1. The average Bonchev–Trinajstić information content (AvgIpc) is 3.10. The monoisotopic (exact) mass is 419 g/mol. The van der Waals surface area contributed by atoms with E-state index in [1.54, 1.807) is 30.2 Å². The van der Waals surface area contributed by atoms with Gasteiger partial charge in [0.25, 0.3) is 5.91 Å².